The first-order valence-corrected chi connectivity index (χ1v) is 13.6. The van der Waals surface area contributed by atoms with Gasteiger partial charge in [0.05, 0.1) is 35.6 Å². The molecule has 0 radical (unpaired) electrons. The molecule has 2 amide bonds. The quantitative estimate of drug-likeness (QED) is 0.501. The van der Waals surface area contributed by atoms with Gasteiger partial charge in [0, 0.05) is 35.9 Å². The van der Waals surface area contributed by atoms with Gasteiger partial charge in [0.1, 0.15) is 6.61 Å². The summed E-state index contributed by atoms with van der Waals surface area (Å²) in [7, 11) is 1.63. The summed E-state index contributed by atoms with van der Waals surface area (Å²) < 4.78 is 10.8. The number of cyclic esters (lactones) is 1. The lowest BCUT2D eigenvalue weighted by Crippen LogP contribution is -2.42. The topological polar surface area (TPSA) is 96.9 Å². The molecule has 1 aromatic carbocycles. The summed E-state index contributed by atoms with van der Waals surface area (Å²) in [5.41, 5.74) is 4.51. The smallest absolute Gasteiger partial charge is 0.414 e. The van der Waals surface area contributed by atoms with E-state index in [2.05, 4.69) is 26.3 Å². The summed E-state index contributed by atoms with van der Waals surface area (Å²) in [4.78, 5) is 38.7. The highest BCUT2D eigenvalue weighted by atomic mass is 32.2. The maximum atomic E-state index is 12.6. The first kappa shape index (κ1) is 24.0. The van der Waals surface area contributed by atoms with Crippen molar-refractivity contribution >= 4 is 46.2 Å². The van der Waals surface area contributed by atoms with Gasteiger partial charge in [-0.3, -0.25) is 14.7 Å². The summed E-state index contributed by atoms with van der Waals surface area (Å²) in [6.07, 6.45) is 4.66. The van der Waals surface area contributed by atoms with Gasteiger partial charge in [0.25, 0.3) is 0 Å². The van der Waals surface area contributed by atoms with Gasteiger partial charge >= 0.3 is 6.09 Å². The van der Waals surface area contributed by atoms with Crippen molar-refractivity contribution in [2.45, 2.75) is 30.2 Å². The Balaban J connectivity index is 1.09. The molecule has 2 fully saturated rings. The van der Waals surface area contributed by atoms with E-state index in [-0.39, 0.29) is 18.0 Å². The number of methoxy groups -OCH3 is 1. The lowest BCUT2D eigenvalue weighted by molar-refractivity contribution is -0.113. The molecule has 5 heterocycles. The summed E-state index contributed by atoms with van der Waals surface area (Å²) in [6.45, 7) is 3.13. The van der Waals surface area contributed by atoms with Gasteiger partial charge in [0.15, 0.2) is 0 Å². The van der Waals surface area contributed by atoms with Crippen LogP contribution in [-0.2, 0) is 16.0 Å². The summed E-state index contributed by atoms with van der Waals surface area (Å²) in [5.74, 6) is 1.58. The van der Waals surface area contributed by atoms with E-state index in [0.717, 1.165) is 66.2 Å². The summed E-state index contributed by atoms with van der Waals surface area (Å²) in [5, 5.41) is 2.91. The van der Waals surface area contributed by atoms with E-state index in [1.807, 2.05) is 36.5 Å². The second-order valence-corrected chi connectivity index (χ2v) is 10.8. The molecule has 3 aromatic rings. The zero-order valence-electron chi connectivity index (χ0n) is 20.7. The Labute approximate surface area is 219 Å². The van der Waals surface area contributed by atoms with Crippen LogP contribution in [0.2, 0.25) is 0 Å². The molecule has 0 saturated carbocycles. The second kappa shape index (κ2) is 10.2. The molecule has 1 N–H and O–H groups in total. The van der Waals surface area contributed by atoms with Crippen molar-refractivity contribution in [3.8, 4) is 5.88 Å². The number of thioether (sulfide) groups is 1. The molecule has 0 spiro atoms. The van der Waals surface area contributed by atoms with Crippen LogP contribution < -0.4 is 15.0 Å². The van der Waals surface area contributed by atoms with E-state index >= 15 is 0 Å². The molecule has 0 bridgehead atoms. The van der Waals surface area contributed by atoms with Gasteiger partial charge in [0.2, 0.25) is 11.8 Å². The van der Waals surface area contributed by atoms with Crippen LogP contribution in [0, 0.1) is 5.92 Å². The Bertz CT molecular complexity index is 1350. The minimum atomic E-state index is -0.331. The Kier molecular flexibility index (Phi) is 6.60. The first-order chi connectivity index (χ1) is 18.1. The zero-order chi connectivity index (χ0) is 25.4. The normalized spacial score (nSPS) is 21.7. The van der Waals surface area contributed by atoms with E-state index in [4.69, 9.17) is 9.47 Å². The van der Waals surface area contributed by atoms with Crippen LogP contribution in [0.1, 0.15) is 18.4 Å². The third kappa shape index (κ3) is 4.95. The fourth-order valence-corrected chi connectivity index (χ4v) is 6.27. The SMILES string of the molecule is COc1ccc2nccc(CC[C@@H]3CCN(C[C@H]4COC(=O)N4c4ccc5c(c4)NC(=O)CS5)C3)c2n1. The number of likely N-dealkylation sites (tertiary alicyclic amines) is 1. The van der Waals surface area contributed by atoms with Gasteiger partial charge in [-0.1, -0.05) is 0 Å². The lowest BCUT2D eigenvalue weighted by Gasteiger charge is -2.27. The number of amides is 2. The maximum Gasteiger partial charge on any atom is 0.414 e. The molecule has 3 aliphatic rings. The number of anilines is 2. The van der Waals surface area contributed by atoms with Crippen molar-refractivity contribution in [3.05, 3.63) is 48.2 Å². The molecular formula is C27H29N5O4S. The standard InChI is InChI=1S/C27H29N5O4S/c1-35-25-7-5-21-26(30-25)18(8-10-28-21)3-2-17-9-11-31(13-17)14-20-15-36-27(34)32(20)19-4-6-23-22(12-19)29-24(33)16-37-23/h4-8,10,12,17,20H,2-3,9,11,13-16H2,1H3,(H,29,33)/t17-,20+/m1/s1. The number of hydrogen-bond donors (Lipinski definition) is 1. The van der Waals surface area contributed by atoms with Crippen molar-refractivity contribution < 1.29 is 19.1 Å². The number of ether oxygens (including phenoxy) is 2. The number of pyridine rings is 2. The number of carbonyl (C=O) groups excluding carboxylic acids is 2. The molecule has 10 heteroatoms. The number of nitrogens with zero attached hydrogens (tertiary/aromatic N) is 4. The monoisotopic (exact) mass is 519 g/mol. The minimum absolute atomic E-state index is 0.0204. The number of benzene rings is 1. The van der Waals surface area contributed by atoms with Gasteiger partial charge in [-0.25, -0.2) is 9.78 Å². The number of aryl methyl sites for hydroxylation is 1. The second-order valence-electron chi connectivity index (χ2n) is 9.76. The summed E-state index contributed by atoms with van der Waals surface area (Å²) in [6, 6.07) is 11.6. The van der Waals surface area contributed by atoms with E-state index in [0.29, 0.717) is 24.2 Å². The average Bonchev–Trinajstić information content (AvgIpc) is 3.52. The molecule has 37 heavy (non-hydrogen) atoms. The number of rotatable bonds is 7. The highest BCUT2D eigenvalue weighted by Gasteiger charge is 2.37. The van der Waals surface area contributed by atoms with Crippen molar-refractivity contribution in [1.82, 2.24) is 14.9 Å². The Morgan fingerprint density at radius 3 is 3.03 bits per heavy atom. The lowest BCUT2D eigenvalue weighted by atomic mass is 9.98. The van der Waals surface area contributed by atoms with Crippen LogP contribution in [0.25, 0.3) is 11.0 Å². The highest BCUT2D eigenvalue weighted by molar-refractivity contribution is 8.00. The summed E-state index contributed by atoms with van der Waals surface area (Å²) >= 11 is 1.51. The van der Waals surface area contributed by atoms with Gasteiger partial charge in [-0.2, -0.15) is 0 Å². The number of carbonyl (C=O) groups is 2. The molecule has 0 aliphatic carbocycles. The van der Waals surface area contributed by atoms with Crippen LogP contribution >= 0.6 is 11.8 Å². The Hall–Kier alpha value is -3.37. The fraction of sp³-hybridized carbons (Fsp3) is 0.407. The number of hydrogen-bond acceptors (Lipinski definition) is 8. The van der Waals surface area contributed by atoms with Gasteiger partial charge in [-0.05, 0) is 67.6 Å². The van der Waals surface area contributed by atoms with Gasteiger partial charge < -0.3 is 19.7 Å². The molecule has 2 atom stereocenters. The van der Waals surface area contributed by atoms with Crippen molar-refractivity contribution in [2.24, 2.45) is 5.92 Å². The van der Waals surface area contributed by atoms with E-state index in [9.17, 15) is 9.59 Å². The molecular weight excluding hydrogens is 490 g/mol. The van der Waals surface area contributed by atoms with Gasteiger partial charge in [-0.15, -0.1) is 11.8 Å². The van der Waals surface area contributed by atoms with E-state index in [1.165, 1.54) is 17.3 Å². The predicted octanol–water partition coefficient (Wildman–Crippen LogP) is 3.96. The van der Waals surface area contributed by atoms with E-state index < -0.39 is 0 Å². The molecule has 3 aliphatic heterocycles. The number of fused-ring (bicyclic) bond motifs is 2. The predicted molar refractivity (Wildman–Crippen MR) is 142 cm³/mol. The minimum Gasteiger partial charge on any atom is -0.481 e. The van der Waals surface area contributed by atoms with Crippen LogP contribution in [-0.4, -0.2) is 72.0 Å². The average molecular weight is 520 g/mol. The maximum absolute atomic E-state index is 12.6. The molecule has 0 unspecified atom stereocenters. The van der Waals surface area contributed by atoms with Crippen LogP contribution in [0.4, 0.5) is 16.2 Å². The largest absolute Gasteiger partial charge is 0.481 e. The highest BCUT2D eigenvalue weighted by Crippen LogP contribution is 2.36. The Morgan fingerprint density at radius 2 is 2.14 bits per heavy atom. The molecule has 9 nitrogen and oxygen atoms in total. The van der Waals surface area contributed by atoms with Crippen LogP contribution in [0.5, 0.6) is 5.88 Å². The van der Waals surface area contributed by atoms with Crippen LogP contribution in [0.3, 0.4) is 0 Å². The number of nitrogens with one attached hydrogen (secondary N) is 1. The molecule has 192 valence electrons. The molecule has 6 rings (SSSR count). The fourth-order valence-electron chi connectivity index (χ4n) is 5.48. The third-order valence-electron chi connectivity index (χ3n) is 7.35. The first-order valence-electron chi connectivity index (χ1n) is 12.6. The van der Waals surface area contributed by atoms with Crippen molar-refractivity contribution in [1.29, 1.82) is 0 Å². The van der Waals surface area contributed by atoms with E-state index in [1.54, 1.807) is 12.0 Å². The Morgan fingerprint density at radius 1 is 1.22 bits per heavy atom. The van der Waals surface area contributed by atoms with Crippen molar-refractivity contribution in [3.63, 3.8) is 0 Å². The number of aromatic nitrogens is 2. The molecule has 2 aromatic heterocycles. The van der Waals surface area contributed by atoms with Crippen molar-refractivity contribution in [2.75, 3.05) is 49.3 Å². The molecule has 2 saturated heterocycles. The zero-order valence-corrected chi connectivity index (χ0v) is 21.5. The van der Waals surface area contributed by atoms with Crippen LogP contribution in [0.15, 0.2) is 47.5 Å². The third-order valence-corrected chi connectivity index (χ3v) is 8.42.